The monoisotopic (exact) mass is 427 g/mol. The molecule has 3 atom stereocenters. The van der Waals surface area contributed by atoms with Crippen molar-refractivity contribution in [3.8, 4) is 0 Å². The van der Waals surface area contributed by atoms with Gasteiger partial charge in [-0.05, 0) is 51.2 Å². The molecule has 0 aromatic heterocycles. The van der Waals surface area contributed by atoms with Crippen LogP contribution in [0.4, 0.5) is 9.59 Å². The lowest BCUT2D eigenvalue weighted by Crippen LogP contribution is -2.52. The molecule has 5 N–H and O–H groups in total. The molecule has 0 aliphatic rings. The summed E-state index contributed by atoms with van der Waals surface area (Å²) in [5.41, 5.74) is 1.53. The highest BCUT2D eigenvalue weighted by Gasteiger charge is 2.26. The van der Waals surface area contributed by atoms with Gasteiger partial charge >= 0.3 is 12.1 Å². The van der Waals surface area contributed by atoms with E-state index in [1.807, 2.05) is 81.4 Å². The van der Waals surface area contributed by atoms with Crippen molar-refractivity contribution < 1.29 is 19.8 Å². The molecule has 3 amide bonds. The SMILES string of the molecule is CC(C)(C)NC(=O)NC(Cc1ccccc1)CC(O)C(Cc1ccccc1)NC(=O)O. The molecule has 168 valence electrons. The van der Waals surface area contributed by atoms with E-state index in [1.54, 1.807) is 0 Å². The maximum absolute atomic E-state index is 12.5. The number of hydrogen-bond donors (Lipinski definition) is 5. The molecule has 2 rings (SSSR count). The Bertz CT molecular complexity index is 822. The zero-order valence-corrected chi connectivity index (χ0v) is 18.3. The van der Waals surface area contributed by atoms with Gasteiger partial charge in [0.2, 0.25) is 0 Å². The first-order valence-corrected chi connectivity index (χ1v) is 10.5. The third-order valence-corrected chi connectivity index (χ3v) is 4.75. The van der Waals surface area contributed by atoms with Crippen molar-refractivity contribution in [2.75, 3.05) is 0 Å². The number of carbonyl (C=O) groups is 2. The summed E-state index contributed by atoms with van der Waals surface area (Å²) in [4.78, 5) is 23.8. The Labute approximate surface area is 183 Å². The second kappa shape index (κ2) is 11.4. The van der Waals surface area contributed by atoms with Crippen LogP contribution in [-0.2, 0) is 12.8 Å². The van der Waals surface area contributed by atoms with Gasteiger partial charge in [-0.1, -0.05) is 60.7 Å². The molecule has 2 aromatic rings. The molecule has 0 heterocycles. The number of rotatable bonds is 9. The summed E-state index contributed by atoms with van der Waals surface area (Å²) in [5.74, 6) is 0. The van der Waals surface area contributed by atoms with E-state index in [4.69, 9.17) is 0 Å². The van der Waals surface area contributed by atoms with Crippen LogP contribution in [0.1, 0.15) is 38.3 Å². The van der Waals surface area contributed by atoms with E-state index in [0.29, 0.717) is 12.8 Å². The summed E-state index contributed by atoms with van der Waals surface area (Å²) >= 11 is 0. The normalized spacial score (nSPS) is 14.2. The number of amides is 3. The van der Waals surface area contributed by atoms with Crippen LogP contribution >= 0.6 is 0 Å². The van der Waals surface area contributed by atoms with Crippen LogP contribution in [0.2, 0.25) is 0 Å². The predicted molar refractivity (Wildman–Crippen MR) is 121 cm³/mol. The minimum absolute atomic E-state index is 0.199. The Kier molecular flexibility index (Phi) is 8.88. The zero-order valence-electron chi connectivity index (χ0n) is 18.3. The summed E-state index contributed by atoms with van der Waals surface area (Å²) in [7, 11) is 0. The van der Waals surface area contributed by atoms with Gasteiger partial charge in [0, 0.05) is 11.6 Å². The van der Waals surface area contributed by atoms with Crippen LogP contribution in [0, 0.1) is 0 Å². The summed E-state index contributed by atoms with van der Waals surface area (Å²) in [6.07, 6.45) is -1.12. The highest BCUT2D eigenvalue weighted by atomic mass is 16.4. The quantitative estimate of drug-likeness (QED) is 0.423. The van der Waals surface area contributed by atoms with Crippen LogP contribution in [-0.4, -0.2) is 46.1 Å². The van der Waals surface area contributed by atoms with Gasteiger partial charge in [-0.2, -0.15) is 0 Å². The van der Waals surface area contributed by atoms with Gasteiger partial charge in [0.05, 0.1) is 12.1 Å². The molecule has 0 saturated carbocycles. The fourth-order valence-corrected chi connectivity index (χ4v) is 3.42. The van der Waals surface area contributed by atoms with E-state index >= 15 is 0 Å². The summed E-state index contributed by atoms with van der Waals surface area (Å²) in [6.45, 7) is 5.67. The Morgan fingerprint density at radius 2 is 1.39 bits per heavy atom. The first-order chi connectivity index (χ1) is 14.6. The number of nitrogens with one attached hydrogen (secondary N) is 3. The third-order valence-electron chi connectivity index (χ3n) is 4.75. The van der Waals surface area contributed by atoms with Crippen molar-refractivity contribution in [3.05, 3.63) is 71.8 Å². The van der Waals surface area contributed by atoms with E-state index in [1.165, 1.54) is 0 Å². The second-order valence-corrected chi connectivity index (χ2v) is 8.78. The Balaban J connectivity index is 2.14. The first-order valence-electron chi connectivity index (χ1n) is 10.5. The van der Waals surface area contributed by atoms with E-state index in [-0.39, 0.29) is 18.5 Å². The Morgan fingerprint density at radius 1 is 0.871 bits per heavy atom. The Hall–Kier alpha value is -3.06. The Morgan fingerprint density at radius 3 is 1.87 bits per heavy atom. The average molecular weight is 428 g/mol. The smallest absolute Gasteiger partial charge is 0.404 e. The molecule has 0 aliphatic heterocycles. The van der Waals surface area contributed by atoms with Gasteiger partial charge in [0.1, 0.15) is 0 Å². The van der Waals surface area contributed by atoms with Gasteiger partial charge in [0.25, 0.3) is 0 Å². The van der Waals surface area contributed by atoms with Crippen LogP contribution in [0.3, 0.4) is 0 Å². The zero-order chi connectivity index (χ0) is 22.9. The number of aliphatic hydroxyl groups excluding tert-OH is 1. The van der Waals surface area contributed by atoms with E-state index < -0.39 is 23.8 Å². The standard InChI is InChI=1S/C24H33N3O4/c1-24(2,3)27-22(29)25-19(14-17-10-6-4-7-11-17)16-21(28)20(26-23(30)31)15-18-12-8-5-9-13-18/h4-13,19-21,26,28H,14-16H2,1-3H3,(H,30,31)(H2,25,27,29). The van der Waals surface area contributed by atoms with Gasteiger partial charge < -0.3 is 26.2 Å². The fourth-order valence-electron chi connectivity index (χ4n) is 3.42. The maximum Gasteiger partial charge on any atom is 0.404 e. The van der Waals surface area contributed by atoms with Crippen LogP contribution in [0.25, 0.3) is 0 Å². The van der Waals surface area contributed by atoms with Crippen molar-refractivity contribution in [3.63, 3.8) is 0 Å². The molecule has 0 fully saturated rings. The van der Waals surface area contributed by atoms with Gasteiger partial charge in [-0.25, -0.2) is 9.59 Å². The van der Waals surface area contributed by atoms with Gasteiger partial charge in [0.15, 0.2) is 0 Å². The van der Waals surface area contributed by atoms with Crippen LogP contribution in [0.15, 0.2) is 60.7 Å². The number of aliphatic hydroxyl groups is 1. The number of urea groups is 1. The lowest BCUT2D eigenvalue weighted by molar-refractivity contribution is 0.102. The third kappa shape index (κ3) is 9.53. The topological polar surface area (TPSA) is 111 Å². The lowest BCUT2D eigenvalue weighted by Gasteiger charge is -2.29. The molecule has 0 spiro atoms. The second-order valence-electron chi connectivity index (χ2n) is 8.78. The number of carbonyl (C=O) groups excluding carboxylic acids is 1. The van der Waals surface area contributed by atoms with E-state index in [9.17, 15) is 19.8 Å². The molecule has 0 bridgehead atoms. The first kappa shape index (κ1) is 24.2. The van der Waals surface area contributed by atoms with Crippen LogP contribution in [0.5, 0.6) is 0 Å². The maximum atomic E-state index is 12.5. The summed E-state index contributed by atoms with van der Waals surface area (Å²) in [5, 5.41) is 28.4. The largest absolute Gasteiger partial charge is 0.465 e. The van der Waals surface area contributed by atoms with Gasteiger partial charge in [-0.3, -0.25) is 0 Å². The van der Waals surface area contributed by atoms with Crippen molar-refractivity contribution >= 4 is 12.1 Å². The average Bonchev–Trinajstić information content (AvgIpc) is 2.67. The number of benzene rings is 2. The van der Waals surface area contributed by atoms with Crippen molar-refractivity contribution in [2.24, 2.45) is 0 Å². The van der Waals surface area contributed by atoms with E-state index in [0.717, 1.165) is 11.1 Å². The molecular weight excluding hydrogens is 394 g/mol. The fraction of sp³-hybridized carbons (Fsp3) is 0.417. The highest BCUT2D eigenvalue weighted by molar-refractivity contribution is 5.75. The number of hydrogen-bond acceptors (Lipinski definition) is 3. The van der Waals surface area contributed by atoms with Crippen molar-refractivity contribution in [1.82, 2.24) is 16.0 Å². The molecule has 2 aromatic carbocycles. The lowest BCUT2D eigenvalue weighted by atomic mass is 9.93. The molecule has 31 heavy (non-hydrogen) atoms. The number of carboxylic acid groups (broad SMARTS) is 1. The van der Waals surface area contributed by atoms with E-state index in [2.05, 4.69) is 16.0 Å². The molecule has 7 heteroatoms. The minimum Gasteiger partial charge on any atom is -0.465 e. The molecule has 0 radical (unpaired) electrons. The summed E-state index contributed by atoms with van der Waals surface area (Å²) < 4.78 is 0. The molecule has 0 saturated heterocycles. The summed E-state index contributed by atoms with van der Waals surface area (Å²) in [6, 6.07) is 17.7. The van der Waals surface area contributed by atoms with Crippen molar-refractivity contribution in [1.29, 1.82) is 0 Å². The van der Waals surface area contributed by atoms with Crippen molar-refractivity contribution in [2.45, 2.75) is 63.8 Å². The predicted octanol–water partition coefficient (Wildman–Crippen LogP) is 3.33. The minimum atomic E-state index is -1.20. The molecule has 7 nitrogen and oxygen atoms in total. The molecule has 3 unspecified atom stereocenters. The highest BCUT2D eigenvalue weighted by Crippen LogP contribution is 2.14. The van der Waals surface area contributed by atoms with Crippen LogP contribution < -0.4 is 16.0 Å². The molecule has 0 aliphatic carbocycles. The molecular formula is C24H33N3O4. The van der Waals surface area contributed by atoms with Gasteiger partial charge in [-0.15, -0.1) is 0 Å².